The van der Waals surface area contributed by atoms with E-state index in [4.69, 9.17) is 5.73 Å². The number of urea groups is 1. The minimum atomic E-state index is -0.677. The van der Waals surface area contributed by atoms with Crippen molar-refractivity contribution in [1.82, 2.24) is 5.43 Å². The van der Waals surface area contributed by atoms with Crippen molar-refractivity contribution in [3.8, 4) is 0 Å². The Labute approximate surface area is 131 Å². The molecule has 0 radical (unpaired) electrons. The first-order valence-corrected chi connectivity index (χ1v) is 7.63. The summed E-state index contributed by atoms with van der Waals surface area (Å²) in [6, 6.07) is 9.56. The van der Waals surface area contributed by atoms with Crippen molar-refractivity contribution in [3.05, 3.63) is 35.9 Å². The van der Waals surface area contributed by atoms with E-state index in [0.29, 0.717) is 12.3 Å². The number of hydrogen-bond donors (Lipinski definition) is 2. The van der Waals surface area contributed by atoms with Crippen LogP contribution in [0.15, 0.2) is 35.4 Å². The highest BCUT2D eigenvalue weighted by Gasteiger charge is 2.34. The van der Waals surface area contributed by atoms with E-state index in [1.54, 1.807) is 6.92 Å². The SMILES string of the molecule is CC(=O)[C@@H]1C/C(=N/NC(N)=O)[C@@H](C)[C@H](Cc2ccccc2)C1. The van der Waals surface area contributed by atoms with Crippen LogP contribution >= 0.6 is 0 Å². The molecule has 5 nitrogen and oxygen atoms in total. The van der Waals surface area contributed by atoms with Gasteiger partial charge in [0.2, 0.25) is 0 Å². The summed E-state index contributed by atoms with van der Waals surface area (Å²) < 4.78 is 0. The fourth-order valence-electron chi connectivity index (χ4n) is 3.12. The first-order chi connectivity index (χ1) is 10.5. The molecule has 0 aliphatic heterocycles. The lowest BCUT2D eigenvalue weighted by molar-refractivity contribution is -0.121. The number of carbonyl (C=O) groups excluding carboxylic acids is 2. The molecule has 1 saturated carbocycles. The number of hydrazone groups is 1. The van der Waals surface area contributed by atoms with Gasteiger partial charge in [0.15, 0.2) is 0 Å². The van der Waals surface area contributed by atoms with E-state index in [1.807, 2.05) is 18.2 Å². The highest BCUT2D eigenvalue weighted by Crippen LogP contribution is 2.34. The van der Waals surface area contributed by atoms with Crippen LogP contribution in [0.25, 0.3) is 0 Å². The van der Waals surface area contributed by atoms with Gasteiger partial charge in [-0.25, -0.2) is 10.2 Å². The maximum Gasteiger partial charge on any atom is 0.332 e. The van der Waals surface area contributed by atoms with Gasteiger partial charge in [-0.2, -0.15) is 5.10 Å². The molecular weight excluding hydrogens is 278 g/mol. The zero-order valence-electron chi connectivity index (χ0n) is 13.1. The topological polar surface area (TPSA) is 84.6 Å². The Hall–Kier alpha value is -2.17. The molecule has 1 aliphatic rings. The van der Waals surface area contributed by atoms with Gasteiger partial charge in [0.1, 0.15) is 5.78 Å². The number of carbonyl (C=O) groups is 2. The molecule has 0 saturated heterocycles. The number of hydrogen-bond acceptors (Lipinski definition) is 3. The molecule has 0 unspecified atom stereocenters. The Morgan fingerprint density at radius 1 is 1.32 bits per heavy atom. The average molecular weight is 301 g/mol. The van der Waals surface area contributed by atoms with E-state index >= 15 is 0 Å². The molecule has 1 fully saturated rings. The number of primary amides is 1. The quantitative estimate of drug-likeness (QED) is 0.837. The van der Waals surface area contributed by atoms with Crippen molar-refractivity contribution in [2.75, 3.05) is 0 Å². The molecule has 0 heterocycles. The summed E-state index contributed by atoms with van der Waals surface area (Å²) in [7, 11) is 0. The molecule has 1 aromatic carbocycles. The number of nitrogens with zero attached hydrogens (tertiary/aromatic N) is 1. The van der Waals surface area contributed by atoms with Gasteiger partial charge in [0, 0.05) is 11.6 Å². The number of nitrogens with one attached hydrogen (secondary N) is 1. The molecule has 0 bridgehead atoms. The first kappa shape index (κ1) is 16.2. The minimum Gasteiger partial charge on any atom is -0.350 e. The minimum absolute atomic E-state index is 0.0293. The third kappa shape index (κ3) is 4.16. The molecule has 1 aliphatic carbocycles. The van der Waals surface area contributed by atoms with E-state index < -0.39 is 6.03 Å². The van der Waals surface area contributed by atoms with Crippen LogP contribution in [0.5, 0.6) is 0 Å². The molecule has 0 aromatic heterocycles. The van der Waals surface area contributed by atoms with Crippen LogP contribution in [0, 0.1) is 17.8 Å². The number of amides is 2. The summed E-state index contributed by atoms with van der Waals surface area (Å²) >= 11 is 0. The Morgan fingerprint density at radius 2 is 2.00 bits per heavy atom. The lowest BCUT2D eigenvalue weighted by Crippen LogP contribution is -2.37. The van der Waals surface area contributed by atoms with Gasteiger partial charge >= 0.3 is 6.03 Å². The highest BCUT2D eigenvalue weighted by atomic mass is 16.2. The monoisotopic (exact) mass is 301 g/mol. The predicted molar refractivity (Wildman–Crippen MR) is 86.4 cm³/mol. The lowest BCUT2D eigenvalue weighted by atomic mass is 9.70. The Balaban J connectivity index is 2.18. The highest BCUT2D eigenvalue weighted by molar-refractivity contribution is 5.93. The van der Waals surface area contributed by atoms with Gasteiger partial charge in [-0.1, -0.05) is 37.3 Å². The summed E-state index contributed by atoms with van der Waals surface area (Å²) in [5.41, 5.74) is 9.50. The molecule has 3 N–H and O–H groups in total. The Kier molecular flexibility index (Phi) is 5.31. The van der Waals surface area contributed by atoms with Crippen molar-refractivity contribution in [3.63, 3.8) is 0 Å². The van der Waals surface area contributed by atoms with Crippen LogP contribution in [0.2, 0.25) is 0 Å². The predicted octanol–water partition coefficient (Wildman–Crippen LogP) is 2.50. The molecule has 118 valence electrons. The second-order valence-corrected chi connectivity index (χ2v) is 6.07. The van der Waals surface area contributed by atoms with Gasteiger partial charge in [-0.05, 0) is 43.6 Å². The van der Waals surface area contributed by atoms with Gasteiger partial charge < -0.3 is 5.73 Å². The third-order valence-corrected chi connectivity index (χ3v) is 4.50. The van der Waals surface area contributed by atoms with Crippen LogP contribution in [-0.4, -0.2) is 17.5 Å². The van der Waals surface area contributed by atoms with Crippen molar-refractivity contribution in [1.29, 1.82) is 0 Å². The maximum absolute atomic E-state index is 11.8. The van der Waals surface area contributed by atoms with Gasteiger partial charge in [-0.15, -0.1) is 0 Å². The fourth-order valence-corrected chi connectivity index (χ4v) is 3.12. The van der Waals surface area contributed by atoms with Gasteiger partial charge in [-0.3, -0.25) is 4.79 Å². The standard InChI is InChI=1S/C17H23N3O2/c1-11-14(8-13-6-4-3-5-7-13)9-15(12(2)21)10-16(11)19-20-17(18)22/h3-7,11,14-15H,8-10H2,1-2H3,(H3,18,20,22)/b19-16-/t11-,14+,15-/m0/s1. The van der Waals surface area contributed by atoms with Crippen LogP contribution in [-0.2, 0) is 11.2 Å². The van der Waals surface area contributed by atoms with Crippen molar-refractivity contribution >= 4 is 17.5 Å². The molecular formula is C17H23N3O2. The maximum atomic E-state index is 11.8. The molecule has 0 spiro atoms. The molecule has 3 atom stereocenters. The second-order valence-electron chi connectivity index (χ2n) is 6.07. The molecule has 22 heavy (non-hydrogen) atoms. The van der Waals surface area contributed by atoms with E-state index in [-0.39, 0.29) is 17.6 Å². The van der Waals surface area contributed by atoms with Crippen LogP contribution in [0.3, 0.4) is 0 Å². The summed E-state index contributed by atoms with van der Waals surface area (Å²) in [5, 5.41) is 4.13. The summed E-state index contributed by atoms with van der Waals surface area (Å²) in [4.78, 5) is 22.7. The van der Waals surface area contributed by atoms with Gasteiger partial charge in [0.05, 0.1) is 0 Å². The number of ketones is 1. The molecule has 5 heteroatoms. The molecule has 2 rings (SSSR count). The van der Waals surface area contributed by atoms with Crippen LogP contribution in [0.4, 0.5) is 4.79 Å². The van der Waals surface area contributed by atoms with E-state index in [2.05, 4.69) is 29.6 Å². The average Bonchev–Trinajstić information content (AvgIpc) is 2.48. The lowest BCUT2D eigenvalue weighted by Gasteiger charge is -2.34. The van der Waals surface area contributed by atoms with Crippen LogP contribution < -0.4 is 11.2 Å². The van der Waals surface area contributed by atoms with Crippen molar-refractivity contribution in [2.24, 2.45) is 28.6 Å². The third-order valence-electron chi connectivity index (χ3n) is 4.50. The first-order valence-electron chi connectivity index (χ1n) is 7.63. The van der Waals surface area contributed by atoms with E-state index in [0.717, 1.165) is 18.6 Å². The molecule has 1 aromatic rings. The number of nitrogens with two attached hydrogens (primary N) is 1. The van der Waals surface area contributed by atoms with Crippen molar-refractivity contribution in [2.45, 2.75) is 33.1 Å². The zero-order valence-corrected chi connectivity index (χ0v) is 13.1. The van der Waals surface area contributed by atoms with Crippen molar-refractivity contribution < 1.29 is 9.59 Å². The van der Waals surface area contributed by atoms with Crippen LogP contribution in [0.1, 0.15) is 32.3 Å². The number of Topliss-reactive ketones (excluding diaryl/α,β-unsaturated/α-hetero) is 1. The van der Waals surface area contributed by atoms with E-state index in [9.17, 15) is 9.59 Å². The molecule has 2 amide bonds. The zero-order chi connectivity index (χ0) is 16.1. The number of benzene rings is 1. The Morgan fingerprint density at radius 3 is 2.59 bits per heavy atom. The largest absolute Gasteiger partial charge is 0.350 e. The normalized spacial score (nSPS) is 26.6. The summed E-state index contributed by atoms with van der Waals surface area (Å²) in [6.07, 6.45) is 2.37. The summed E-state index contributed by atoms with van der Waals surface area (Å²) in [6.45, 7) is 3.73. The Bertz CT molecular complexity index is 569. The summed E-state index contributed by atoms with van der Waals surface area (Å²) in [5.74, 6) is 0.691. The van der Waals surface area contributed by atoms with E-state index in [1.165, 1.54) is 5.56 Å². The number of rotatable bonds is 4. The fraction of sp³-hybridized carbons (Fsp3) is 0.471. The second kappa shape index (κ2) is 7.20. The smallest absolute Gasteiger partial charge is 0.332 e. The van der Waals surface area contributed by atoms with Gasteiger partial charge in [0.25, 0.3) is 0 Å².